The number of ether oxygens (including phenoxy) is 1. The molecular formula is C34H42ClN3O4. The highest BCUT2D eigenvalue weighted by Crippen LogP contribution is 2.43. The summed E-state index contributed by atoms with van der Waals surface area (Å²) in [6.45, 7) is 4.22. The Morgan fingerprint density at radius 1 is 1.10 bits per heavy atom. The van der Waals surface area contributed by atoms with E-state index < -0.39 is 11.7 Å². The number of benzene rings is 3. The van der Waals surface area contributed by atoms with Gasteiger partial charge in [-0.1, -0.05) is 65.7 Å². The van der Waals surface area contributed by atoms with Crippen molar-refractivity contribution >= 4 is 23.6 Å². The van der Waals surface area contributed by atoms with Gasteiger partial charge in [-0.3, -0.25) is 4.79 Å². The van der Waals surface area contributed by atoms with Gasteiger partial charge < -0.3 is 25.4 Å². The van der Waals surface area contributed by atoms with E-state index in [0.29, 0.717) is 49.5 Å². The fourth-order valence-electron chi connectivity index (χ4n) is 6.05. The van der Waals surface area contributed by atoms with Crippen LogP contribution in [-0.4, -0.2) is 55.8 Å². The molecule has 2 atom stereocenters. The molecule has 2 amide bonds. The van der Waals surface area contributed by atoms with Gasteiger partial charge in [0.2, 0.25) is 0 Å². The highest BCUT2D eigenvalue weighted by molar-refractivity contribution is 6.31. The van der Waals surface area contributed by atoms with Crippen molar-refractivity contribution in [3.8, 4) is 0 Å². The lowest BCUT2D eigenvalue weighted by atomic mass is 9.72. The number of amides is 2. The number of carbonyl (C=O) groups excluding carboxylic acids is 2. The summed E-state index contributed by atoms with van der Waals surface area (Å²) < 4.78 is 4.72. The maximum absolute atomic E-state index is 13.6. The summed E-state index contributed by atoms with van der Waals surface area (Å²) in [7, 11) is 3.23. The van der Waals surface area contributed by atoms with Gasteiger partial charge in [-0.15, -0.1) is 0 Å². The fraction of sp³-hybridized carbons (Fsp3) is 0.412. The molecule has 0 saturated carbocycles. The minimum Gasteiger partial charge on any atom is -0.453 e. The largest absolute Gasteiger partial charge is 0.453 e. The van der Waals surface area contributed by atoms with Crippen molar-refractivity contribution in [3.05, 3.63) is 105 Å². The minimum atomic E-state index is -1.27. The molecule has 42 heavy (non-hydrogen) atoms. The average molecular weight is 592 g/mol. The molecule has 0 aromatic heterocycles. The van der Waals surface area contributed by atoms with Crippen LogP contribution in [0.5, 0.6) is 0 Å². The topological polar surface area (TPSA) is 90.9 Å². The predicted molar refractivity (Wildman–Crippen MR) is 167 cm³/mol. The van der Waals surface area contributed by atoms with E-state index in [1.165, 1.54) is 7.11 Å². The molecule has 3 aromatic carbocycles. The number of likely N-dealkylation sites (tertiary alicyclic amines) is 1. The van der Waals surface area contributed by atoms with E-state index in [1.807, 2.05) is 60.5 Å². The fourth-order valence-corrected chi connectivity index (χ4v) is 6.29. The van der Waals surface area contributed by atoms with E-state index in [4.69, 9.17) is 16.3 Å². The van der Waals surface area contributed by atoms with Gasteiger partial charge in [0.1, 0.15) is 0 Å². The molecular weight excluding hydrogens is 550 g/mol. The van der Waals surface area contributed by atoms with Crippen LogP contribution in [0.4, 0.5) is 4.79 Å². The Kier molecular flexibility index (Phi) is 11.0. The second kappa shape index (κ2) is 14.7. The number of methoxy groups -OCH3 is 1. The molecule has 0 unspecified atom stereocenters. The van der Waals surface area contributed by atoms with Crippen LogP contribution in [0.15, 0.2) is 66.7 Å². The third kappa shape index (κ3) is 7.71. The van der Waals surface area contributed by atoms with Gasteiger partial charge in [0.15, 0.2) is 0 Å². The Hall–Kier alpha value is -3.39. The number of halogens is 1. The van der Waals surface area contributed by atoms with Crippen molar-refractivity contribution in [1.82, 2.24) is 15.5 Å². The monoisotopic (exact) mass is 591 g/mol. The number of alkyl carbamates (subject to hydrolysis) is 1. The third-order valence-corrected chi connectivity index (χ3v) is 8.56. The summed E-state index contributed by atoms with van der Waals surface area (Å²) in [6, 6.07) is 21.7. The lowest BCUT2D eigenvalue weighted by molar-refractivity contribution is -0.0572. The number of aryl methyl sites for hydroxylation is 1. The molecule has 1 aliphatic rings. The summed E-state index contributed by atoms with van der Waals surface area (Å²) in [6.07, 6.45) is 2.54. The molecule has 4 rings (SSSR count). The molecule has 0 radical (unpaired) electrons. The highest BCUT2D eigenvalue weighted by Gasteiger charge is 2.42. The van der Waals surface area contributed by atoms with Gasteiger partial charge >= 0.3 is 6.09 Å². The first-order valence-corrected chi connectivity index (χ1v) is 15.0. The zero-order valence-electron chi connectivity index (χ0n) is 24.8. The Morgan fingerprint density at radius 3 is 2.57 bits per heavy atom. The number of hydrogen-bond donors (Lipinski definition) is 3. The van der Waals surface area contributed by atoms with Crippen molar-refractivity contribution in [2.75, 3.05) is 33.8 Å². The third-order valence-electron chi connectivity index (χ3n) is 8.20. The molecule has 0 spiro atoms. The van der Waals surface area contributed by atoms with E-state index in [2.05, 4.69) is 35.8 Å². The Balaban J connectivity index is 1.64. The van der Waals surface area contributed by atoms with E-state index in [-0.39, 0.29) is 11.8 Å². The molecule has 8 heteroatoms. The second-order valence-corrected chi connectivity index (χ2v) is 11.6. The normalized spacial score (nSPS) is 16.5. The van der Waals surface area contributed by atoms with Crippen LogP contribution in [0.25, 0.3) is 0 Å². The molecule has 0 aliphatic carbocycles. The summed E-state index contributed by atoms with van der Waals surface area (Å²) in [4.78, 5) is 27.1. The smallest absolute Gasteiger partial charge is 0.406 e. The van der Waals surface area contributed by atoms with Crippen molar-refractivity contribution < 1.29 is 19.4 Å². The molecule has 1 saturated heterocycles. The quantitative estimate of drug-likeness (QED) is 0.244. The molecule has 1 aliphatic heterocycles. The molecule has 0 bridgehead atoms. The first kappa shape index (κ1) is 31.5. The van der Waals surface area contributed by atoms with Crippen LogP contribution in [0, 0.1) is 12.8 Å². The predicted octanol–water partition coefficient (Wildman–Crippen LogP) is 5.83. The van der Waals surface area contributed by atoms with Crippen LogP contribution in [0.3, 0.4) is 0 Å². The van der Waals surface area contributed by atoms with E-state index in [0.717, 1.165) is 47.2 Å². The Labute approximate surface area is 254 Å². The number of aliphatic hydroxyl groups is 1. The zero-order valence-corrected chi connectivity index (χ0v) is 25.5. The molecule has 1 heterocycles. The van der Waals surface area contributed by atoms with Crippen molar-refractivity contribution in [2.45, 2.75) is 51.2 Å². The van der Waals surface area contributed by atoms with E-state index in [9.17, 15) is 14.7 Å². The SMILES string of the molecule is CNCc1ccc(C(=O)N2CCC[C@@H]([C@@](O)(CCCNC(=O)OC)c3cccc(Cl)c3Cc3cccc(C)c3)C2)cc1. The minimum absolute atomic E-state index is 0.0310. The molecule has 7 nitrogen and oxygen atoms in total. The molecule has 3 N–H and O–H groups in total. The van der Waals surface area contributed by atoms with Gasteiger partial charge in [0.25, 0.3) is 5.91 Å². The van der Waals surface area contributed by atoms with Crippen LogP contribution >= 0.6 is 11.6 Å². The maximum atomic E-state index is 13.6. The summed E-state index contributed by atoms with van der Waals surface area (Å²) in [5, 5.41) is 19.1. The van der Waals surface area contributed by atoms with Gasteiger partial charge in [-0.25, -0.2) is 4.79 Å². The lowest BCUT2D eigenvalue weighted by Crippen LogP contribution is -2.48. The number of carbonyl (C=O) groups is 2. The van der Waals surface area contributed by atoms with Crippen molar-refractivity contribution in [3.63, 3.8) is 0 Å². The highest BCUT2D eigenvalue weighted by atomic mass is 35.5. The molecule has 3 aromatic rings. The van der Waals surface area contributed by atoms with Crippen LogP contribution < -0.4 is 10.6 Å². The lowest BCUT2D eigenvalue weighted by Gasteiger charge is -2.44. The Morgan fingerprint density at radius 2 is 1.86 bits per heavy atom. The van der Waals surface area contributed by atoms with Crippen molar-refractivity contribution in [2.24, 2.45) is 5.92 Å². The van der Waals surface area contributed by atoms with Crippen LogP contribution in [0.2, 0.25) is 5.02 Å². The van der Waals surface area contributed by atoms with Crippen LogP contribution in [0.1, 0.15) is 63.9 Å². The van der Waals surface area contributed by atoms with Gasteiger partial charge in [0.05, 0.1) is 12.7 Å². The zero-order chi connectivity index (χ0) is 30.1. The average Bonchev–Trinajstić information content (AvgIpc) is 3.00. The standard InChI is InChI=1S/C34H42ClN3O4/c1-24-8-4-9-26(20-24)21-29-30(11-5-12-31(29)35)34(41,17-7-18-37-33(40)42-3)28-10-6-19-38(23-28)32(39)27-15-13-25(14-16-27)22-36-2/h4-5,8-9,11-16,20,28,36,41H,6-7,10,17-19,21-23H2,1-3H3,(H,37,40)/t28-,34+/m1/s1. The summed E-state index contributed by atoms with van der Waals surface area (Å²) >= 11 is 6.83. The van der Waals surface area contributed by atoms with Gasteiger partial charge in [0, 0.05) is 42.7 Å². The maximum Gasteiger partial charge on any atom is 0.406 e. The first-order chi connectivity index (χ1) is 20.2. The van der Waals surface area contributed by atoms with Gasteiger partial charge in [-0.2, -0.15) is 0 Å². The number of rotatable bonds is 11. The first-order valence-electron chi connectivity index (χ1n) is 14.7. The van der Waals surface area contributed by atoms with Crippen LogP contribution in [-0.2, 0) is 23.3 Å². The van der Waals surface area contributed by atoms with E-state index in [1.54, 1.807) is 0 Å². The number of hydrogen-bond acceptors (Lipinski definition) is 5. The van der Waals surface area contributed by atoms with Gasteiger partial charge in [-0.05, 0) is 86.5 Å². The second-order valence-electron chi connectivity index (χ2n) is 11.2. The Bertz CT molecular complexity index is 1360. The summed E-state index contributed by atoms with van der Waals surface area (Å²) in [5.74, 6) is -0.247. The van der Waals surface area contributed by atoms with Crippen molar-refractivity contribution in [1.29, 1.82) is 0 Å². The number of piperidine rings is 1. The molecule has 1 fully saturated rings. The number of nitrogens with one attached hydrogen (secondary N) is 2. The van der Waals surface area contributed by atoms with E-state index >= 15 is 0 Å². The number of nitrogens with zero attached hydrogens (tertiary/aromatic N) is 1. The molecule has 224 valence electrons. The summed E-state index contributed by atoms with van der Waals surface area (Å²) in [5.41, 5.74) is 4.43.